The first kappa shape index (κ1) is 11.0. The fraction of sp³-hybridized carbons (Fsp3) is 0.182. The predicted octanol–water partition coefficient (Wildman–Crippen LogP) is 3.10. The zero-order valence-electron chi connectivity index (χ0n) is 7.92. The van der Waals surface area contributed by atoms with Crippen LogP contribution in [0.2, 0.25) is 0 Å². The molecule has 0 atom stereocenters. The Balaban J connectivity index is 2.89. The van der Waals surface area contributed by atoms with Gasteiger partial charge in [-0.05, 0) is 24.6 Å². The van der Waals surface area contributed by atoms with E-state index in [1.807, 2.05) is 19.1 Å². The molecular formula is C11H11BrO2. The fourth-order valence-electron chi connectivity index (χ4n) is 1.04. The third-order valence-electron chi connectivity index (χ3n) is 1.82. The number of carbonyl (C=O) groups excluding carboxylic acids is 1. The average molecular weight is 255 g/mol. The molecule has 0 amide bonds. The van der Waals surface area contributed by atoms with E-state index in [9.17, 15) is 4.79 Å². The summed E-state index contributed by atoms with van der Waals surface area (Å²) in [7, 11) is 0. The number of carbonyl (C=O) groups is 1. The molecule has 0 N–H and O–H groups in total. The van der Waals surface area contributed by atoms with Crippen molar-refractivity contribution in [1.29, 1.82) is 0 Å². The lowest BCUT2D eigenvalue weighted by Gasteiger charge is -2.06. The van der Waals surface area contributed by atoms with Crippen molar-refractivity contribution in [3.63, 3.8) is 0 Å². The highest BCUT2D eigenvalue weighted by atomic mass is 79.9. The van der Waals surface area contributed by atoms with Gasteiger partial charge >= 0.3 is 5.97 Å². The molecule has 3 heteroatoms. The van der Waals surface area contributed by atoms with Gasteiger partial charge in [0.25, 0.3) is 0 Å². The second-order valence-electron chi connectivity index (χ2n) is 2.80. The molecule has 74 valence electrons. The van der Waals surface area contributed by atoms with Crippen LogP contribution in [0.15, 0.2) is 35.3 Å². The molecule has 0 heterocycles. The maximum atomic E-state index is 11.5. The van der Waals surface area contributed by atoms with Crippen LogP contribution < -0.4 is 0 Å². The third-order valence-corrected chi connectivity index (χ3v) is 2.68. The molecule has 1 aromatic carbocycles. The molecule has 0 saturated heterocycles. The Kier molecular flexibility index (Phi) is 3.89. The minimum absolute atomic E-state index is 0.241. The minimum atomic E-state index is -0.316. The van der Waals surface area contributed by atoms with E-state index in [0.29, 0.717) is 5.56 Å². The Morgan fingerprint density at radius 1 is 1.64 bits per heavy atom. The van der Waals surface area contributed by atoms with E-state index in [4.69, 9.17) is 4.74 Å². The number of hydrogen-bond donors (Lipinski definition) is 0. The van der Waals surface area contributed by atoms with Crippen molar-refractivity contribution in [2.75, 3.05) is 6.61 Å². The van der Waals surface area contributed by atoms with Crippen molar-refractivity contribution in [1.82, 2.24) is 0 Å². The van der Waals surface area contributed by atoms with E-state index < -0.39 is 0 Å². The third kappa shape index (κ3) is 2.45. The molecule has 0 bridgehead atoms. The molecular weight excluding hydrogens is 244 g/mol. The highest BCUT2D eigenvalue weighted by molar-refractivity contribution is 9.10. The Morgan fingerprint density at radius 3 is 3.00 bits per heavy atom. The summed E-state index contributed by atoms with van der Waals surface area (Å²) in [6.07, 6.45) is 1.55. The second-order valence-corrected chi connectivity index (χ2v) is 3.65. The SMILES string of the molecule is C=CCOC(=O)c1cccc(Br)c1C. The van der Waals surface area contributed by atoms with Crippen LogP contribution in [0.3, 0.4) is 0 Å². The van der Waals surface area contributed by atoms with Crippen LogP contribution in [-0.2, 0) is 4.74 Å². The number of rotatable bonds is 3. The number of ether oxygens (including phenoxy) is 1. The largest absolute Gasteiger partial charge is 0.458 e. The molecule has 0 fully saturated rings. The van der Waals surface area contributed by atoms with Gasteiger partial charge in [0.05, 0.1) is 5.56 Å². The number of benzene rings is 1. The molecule has 0 aliphatic rings. The minimum Gasteiger partial charge on any atom is -0.458 e. The molecule has 0 spiro atoms. The van der Waals surface area contributed by atoms with Gasteiger partial charge in [0.2, 0.25) is 0 Å². The van der Waals surface area contributed by atoms with Crippen LogP contribution >= 0.6 is 15.9 Å². The first-order valence-electron chi connectivity index (χ1n) is 4.20. The average Bonchev–Trinajstić information content (AvgIpc) is 2.18. The topological polar surface area (TPSA) is 26.3 Å². The van der Waals surface area contributed by atoms with E-state index >= 15 is 0 Å². The fourth-order valence-corrected chi connectivity index (χ4v) is 1.41. The van der Waals surface area contributed by atoms with Gasteiger partial charge in [-0.3, -0.25) is 0 Å². The molecule has 0 saturated carbocycles. The van der Waals surface area contributed by atoms with Gasteiger partial charge in [-0.15, -0.1) is 0 Å². The molecule has 0 aromatic heterocycles. The number of halogens is 1. The van der Waals surface area contributed by atoms with Crippen molar-refractivity contribution in [3.8, 4) is 0 Å². The summed E-state index contributed by atoms with van der Waals surface area (Å²) in [6, 6.07) is 5.44. The maximum Gasteiger partial charge on any atom is 0.338 e. The molecule has 0 aliphatic carbocycles. The summed E-state index contributed by atoms with van der Waals surface area (Å²) >= 11 is 3.35. The van der Waals surface area contributed by atoms with Crippen molar-refractivity contribution < 1.29 is 9.53 Å². The molecule has 1 aromatic rings. The van der Waals surface area contributed by atoms with Crippen LogP contribution in [0.5, 0.6) is 0 Å². The monoisotopic (exact) mass is 254 g/mol. The molecule has 0 radical (unpaired) electrons. The van der Waals surface area contributed by atoms with Gasteiger partial charge in [-0.25, -0.2) is 4.79 Å². The first-order chi connectivity index (χ1) is 6.66. The Hall–Kier alpha value is -1.09. The molecule has 2 nitrogen and oxygen atoms in total. The summed E-state index contributed by atoms with van der Waals surface area (Å²) < 4.78 is 5.84. The van der Waals surface area contributed by atoms with E-state index in [0.717, 1.165) is 10.0 Å². The highest BCUT2D eigenvalue weighted by Gasteiger charge is 2.10. The standard InChI is InChI=1S/C11H11BrO2/c1-3-7-14-11(13)9-5-4-6-10(12)8(9)2/h3-6H,1,7H2,2H3. The van der Waals surface area contributed by atoms with Crippen LogP contribution in [0.25, 0.3) is 0 Å². The summed E-state index contributed by atoms with van der Waals surface area (Å²) in [5, 5.41) is 0. The van der Waals surface area contributed by atoms with Gasteiger partial charge in [-0.1, -0.05) is 34.7 Å². The Labute approximate surface area is 91.7 Å². The van der Waals surface area contributed by atoms with Crippen LogP contribution in [0.4, 0.5) is 0 Å². The first-order valence-corrected chi connectivity index (χ1v) is 4.99. The van der Waals surface area contributed by atoms with Gasteiger partial charge in [-0.2, -0.15) is 0 Å². The summed E-state index contributed by atoms with van der Waals surface area (Å²) in [6.45, 7) is 5.59. The van der Waals surface area contributed by atoms with Crippen LogP contribution in [0, 0.1) is 6.92 Å². The van der Waals surface area contributed by atoms with E-state index in [-0.39, 0.29) is 12.6 Å². The summed E-state index contributed by atoms with van der Waals surface area (Å²) in [5.41, 5.74) is 1.47. The zero-order chi connectivity index (χ0) is 10.6. The normalized spacial score (nSPS) is 9.57. The lowest BCUT2D eigenvalue weighted by Crippen LogP contribution is -2.07. The summed E-state index contributed by atoms with van der Waals surface area (Å²) in [5.74, 6) is -0.316. The van der Waals surface area contributed by atoms with Crippen molar-refractivity contribution in [2.24, 2.45) is 0 Å². The van der Waals surface area contributed by atoms with Gasteiger partial charge in [0, 0.05) is 4.47 Å². The zero-order valence-corrected chi connectivity index (χ0v) is 9.50. The van der Waals surface area contributed by atoms with E-state index in [2.05, 4.69) is 22.5 Å². The smallest absolute Gasteiger partial charge is 0.338 e. The second kappa shape index (κ2) is 4.96. The van der Waals surface area contributed by atoms with Crippen molar-refractivity contribution in [3.05, 3.63) is 46.5 Å². The number of esters is 1. The lowest BCUT2D eigenvalue weighted by molar-refractivity contribution is 0.0549. The van der Waals surface area contributed by atoms with Gasteiger partial charge in [0.1, 0.15) is 6.61 Å². The molecule has 0 aliphatic heterocycles. The molecule has 1 rings (SSSR count). The predicted molar refractivity (Wildman–Crippen MR) is 59.4 cm³/mol. The molecule has 14 heavy (non-hydrogen) atoms. The van der Waals surface area contributed by atoms with Gasteiger partial charge < -0.3 is 4.74 Å². The Morgan fingerprint density at radius 2 is 2.36 bits per heavy atom. The summed E-state index contributed by atoms with van der Waals surface area (Å²) in [4.78, 5) is 11.5. The Bertz CT molecular complexity index is 358. The highest BCUT2D eigenvalue weighted by Crippen LogP contribution is 2.19. The maximum absolute atomic E-state index is 11.5. The van der Waals surface area contributed by atoms with Crippen LogP contribution in [0.1, 0.15) is 15.9 Å². The molecule has 0 unspecified atom stereocenters. The lowest BCUT2D eigenvalue weighted by atomic mass is 10.1. The number of hydrogen-bond acceptors (Lipinski definition) is 2. The van der Waals surface area contributed by atoms with E-state index in [1.165, 1.54) is 0 Å². The van der Waals surface area contributed by atoms with Crippen molar-refractivity contribution >= 4 is 21.9 Å². The van der Waals surface area contributed by atoms with E-state index in [1.54, 1.807) is 12.1 Å². The van der Waals surface area contributed by atoms with Gasteiger partial charge in [0.15, 0.2) is 0 Å². The van der Waals surface area contributed by atoms with Crippen molar-refractivity contribution in [2.45, 2.75) is 6.92 Å². The van der Waals surface area contributed by atoms with Crippen LogP contribution in [-0.4, -0.2) is 12.6 Å². The quantitative estimate of drug-likeness (QED) is 0.612.